The molecule has 0 atom stereocenters. The summed E-state index contributed by atoms with van der Waals surface area (Å²) in [4.78, 5) is 30.1. The van der Waals surface area contributed by atoms with Crippen molar-refractivity contribution in [1.82, 2.24) is 14.0 Å². The molecule has 1 N–H and O–H groups in total. The van der Waals surface area contributed by atoms with Gasteiger partial charge in [0.15, 0.2) is 0 Å². The lowest BCUT2D eigenvalue weighted by Crippen LogP contribution is -2.25. The van der Waals surface area contributed by atoms with Crippen molar-refractivity contribution in [3.63, 3.8) is 0 Å². The van der Waals surface area contributed by atoms with Crippen LogP contribution in [-0.2, 0) is 6.54 Å². The minimum atomic E-state index is -0.384. The lowest BCUT2D eigenvalue weighted by Gasteiger charge is -2.15. The summed E-state index contributed by atoms with van der Waals surface area (Å²) in [5, 5.41) is 2.74. The lowest BCUT2D eigenvalue weighted by atomic mass is 10.2. The molecule has 0 spiro atoms. The van der Waals surface area contributed by atoms with E-state index < -0.39 is 0 Å². The Morgan fingerprint density at radius 3 is 2.82 bits per heavy atom. The minimum absolute atomic E-state index is 0.0964. The molecular formula is C21H24N4O3. The van der Waals surface area contributed by atoms with Crippen LogP contribution in [0.2, 0.25) is 0 Å². The highest BCUT2D eigenvalue weighted by Gasteiger charge is 2.27. The van der Waals surface area contributed by atoms with Gasteiger partial charge in [0.2, 0.25) is 0 Å². The van der Waals surface area contributed by atoms with Gasteiger partial charge in [0.1, 0.15) is 17.1 Å². The Kier molecular flexibility index (Phi) is 4.66. The van der Waals surface area contributed by atoms with Crippen molar-refractivity contribution in [2.24, 2.45) is 0 Å². The molecule has 0 aliphatic heterocycles. The van der Waals surface area contributed by atoms with E-state index in [0.29, 0.717) is 23.8 Å². The number of ether oxygens (including phenoxy) is 1. The number of carbonyl (C=O) groups excluding carboxylic acids is 1. The lowest BCUT2D eigenvalue weighted by molar-refractivity contribution is 0.102. The van der Waals surface area contributed by atoms with Crippen LogP contribution >= 0.6 is 0 Å². The molecule has 3 aromatic rings. The van der Waals surface area contributed by atoms with Gasteiger partial charge in [-0.1, -0.05) is 0 Å². The SMILES string of the molecule is CCn1cccc(NC(=O)c2cn3cc(C4CC4)nc3cc2OC(C)C)c1=O. The number of carbonyl (C=O) groups is 1. The molecule has 3 aromatic heterocycles. The molecule has 0 bridgehead atoms. The Hall–Kier alpha value is -3.09. The Morgan fingerprint density at radius 1 is 1.36 bits per heavy atom. The molecule has 7 heteroatoms. The number of nitrogens with zero attached hydrogens (tertiary/aromatic N) is 3. The third-order valence-corrected chi connectivity index (χ3v) is 4.79. The second kappa shape index (κ2) is 7.14. The van der Waals surface area contributed by atoms with Crippen LogP contribution in [0.15, 0.2) is 41.6 Å². The predicted octanol–water partition coefficient (Wildman–Crippen LogP) is 3.43. The van der Waals surface area contributed by atoms with Gasteiger partial charge in [0, 0.05) is 37.1 Å². The monoisotopic (exact) mass is 380 g/mol. The molecule has 0 aromatic carbocycles. The molecule has 1 aliphatic rings. The van der Waals surface area contributed by atoms with E-state index in [0.717, 1.165) is 24.2 Å². The van der Waals surface area contributed by atoms with Gasteiger partial charge >= 0.3 is 0 Å². The normalized spacial score (nSPS) is 13.9. The summed E-state index contributed by atoms with van der Waals surface area (Å²) in [6, 6.07) is 5.14. The fourth-order valence-corrected chi connectivity index (χ4v) is 3.20. The number of fused-ring (bicyclic) bond motifs is 1. The Balaban J connectivity index is 1.72. The van der Waals surface area contributed by atoms with E-state index in [2.05, 4.69) is 10.3 Å². The Bertz CT molecular complexity index is 1090. The molecular weight excluding hydrogens is 356 g/mol. The second-order valence-corrected chi connectivity index (χ2v) is 7.39. The van der Waals surface area contributed by atoms with E-state index in [1.165, 1.54) is 0 Å². The first-order chi connectivity index (χ1) is 13.5. The average Bonchev–Trinajstić information content (AvgIpc) is 3.42. The molecule has 1 saturated carbocycles. The van der Waals surface area contributed by atoms with Gasteiger partial charge in [-0.25, -0.2) is 4.98 Å². The van der Waals surface area contributed by atoms with Crippen LogP contribution in [-0.4, -0.2) is 26.0 Å². The Morgan fingerprint density at radius 2 is 2.14 bits per heavy atom. The zero-order valence-corrected chi connectivity index (χ0v) is 16.3. The van der Waals surface area contributed by atoms with Crippen LogP contribution in [0.3, 0.4) is 0 Å². The number of imidazole rings is 1. The third kappa shape index (κ3) is 3.52. The van der Waals surface area contributed by atoms with E-state index in [9.17, 15) is 9.59 Å². The number of nitrogens with one attached hydrogen (secondary N) is 1. The highest BCUT2D eigenvalue weighted by Crippen LogP contribution is 2.39. The first kappa shape index (κ1) is 18.3. The third-order valence-electron chi connectivity index (χ3n) is 4.79. The highest BCUT2D eigenvalue weighted by atomic mass is 16.5. The summed E-state index contributed by atoms with van der Waals surface area (Å²) in [5.74, 6) is 0.591. The first-order valence-corrected chi connectivity index (χ1v) is 9.66. The van der Waals surface area contributed by atoms with Gasteiger partial charge < -0.3 is 19.0 Å². The zero-order valence-electron chi connectivity index (χ0n) is 16.3. The highest BCUT2D eigenvalue weighted by molar-refractivity contribution is 6.06. The number of aryl methyl sites for hydroxylation is 1. The van der Waals surface area contributed by atoms with Crippen LogP contribution in [0.4, 0.5) is 5.69 Å². The number of anilines is 1. The molecule has 0 radical (unpaired) electrons. The van der Waals surface area contributed by atoms with Crippen LogP contribution in [0, 0.1) is 0 Å². The molecule has 146 valence electrons. The van der Waals surface area contributed by atoms with E-state index in [-0.39, 0.29) is 23.3 Å². The smallest absolute Gasteiger partial charge is 0.274 e. The molecule has 7 nitrogen and oxygen atoms in total. The fraction of sp³-hybridized carbons (Fsp3) is 0.381. The van der Waals surface area contributed by atoms with E-state index in [1.807, 2.05) is 31.4 Å². The van der Waals surface area contributed by atoms with Crippen LogP contribution < -0.4 is 15.6 Å². The fourth-order valence-electron chi connectivity index (χ4n) is 3.20. The number of rotatable bonds is 6. The molecule has 1 amide bonds. The van der Waals surface area contributed by atoms with Crippen LogP contribution in [0.25, 0.3) is 5.65 Å². The molecule has 1 aliphatic carbocycles. The van der Waals surface area contributed by atoms with E-state index in [4.69, 9.17) is 4.74 Å². The maximum Gasteiger partial charge on any atom is 0.274 e. The minimum Gasteiger partial charge on any atom is -0.490 e. The van der Waals surface area contributed by atoms with Crippen molar-refractivity contribution < 1.29 is 9.53 Å². The largest absolute Gasteiger partial charge is 0.490 e. The summed E-state index contributed by atoms with van der Waals surface area (Å²) in [7, 11) is 0. The zero-order chi connectivity index (χ0) is 19.8. The first-order valence-electron chi connectivity index (χ1n) is 9.66. The van der Waals surface area contributed by atoms with Crippen molar-refractivity contribution >= 4 is 17.2 Å². The number of hydrogen-bond donors (Lipinski definition) is 1. The van der Waals surface area contributed by atoms with Crippen molar-refractivity contribution in [2.75, 3.05) is 5.32 Å². The Labute approximate surface area is 163 Å². The second-order valence-electron chi connectivity index (χ2n) is 7.39. The average molecular weight is 380 g/mol. The summed E-state index contributed by atoms with van der Waals surface area (Å²) < 4.78 is 9.27. The number of amides is 1. The molecule has 4 rings (SSSR count). The summed E-state index contributed by atoms with van der Waals surface area (Å²) >= 11 is 0. The molecule has 28 heavy (non-hydrogen) atoms. The van der Waals surface area contributed by atoms with Crippen molar-refractivity contribution in [1.29, 1.82) is 0 Å². The van der Waals surface area contributed by atoms with Gasteiger partial charge in [-0.3, -0.25) is 9.59 Å². The van der Waals surface area contributed by atoms with Crippen molar-refractivity contribution in [2.45, 2.75) is 52.2 Å². The summed E-state index contributed by atoms with van der Waals surface area (Å²) in [6.45, 7) is 6.23. The molecule has 0 unspecified atom stereocenters. The van der Waals surface area contributed by atoms with Gasteiger partial charge in [-0.15, -0.1) is 0 Å². The molecule has 3 heterocycles. The summed E-state index contributed by atoms with van der Waals surface area (Å²) in [5.41, 5.74) is 2.18. The van der Waals surface area contributed by atoms with Gasteiger partial charge in [0.25, 0.3) is 11.5 Å². The quantitative estimate of drug-likeness (QED) is 0.711. The number of pyridine rings is 2. The van der Waals surface area contributed by atoms with Gasteiger partial charge in [0.05, 0.1) is 17.4 Å². The topological polar surface area (TPSA) is 77.6 Å². The van der Waals surface area contributed by atoms with Gasteiger partial charge in [-0.05, 0) is 45.7 Å². The van der Waals surface area contributed by atoms with E-state index in [1.54, 1.807) is 35.2 Å². The predicted molar refractivity (Wildman–Crippen MR) is 107 cm³/mol. The van der Waals surface area contributed by atoms with Crippen molar-refractivity contribution in [3.05, 3.63) is 58.4 Å². The van der Waals surface area contributed by atoms with Gasteiger partial charge in [-0.2, -0.15) is 0 Å². The van der Waals surface area contributed by atoms with Crippen molar-refractivity contribution in [3.8, 4) is 5.75 Å². The maximum absolute atomic E-state index is 13.0. The molecule has 1 fully saturated rings. The van der Waals surface area contributed by atoms with Crippen LogP contribution in [0.5, 0.6) is 5.75 Å². The number of hydrogen-bond acceptors (Lipinski definition) is 4. The van der Waals surface area contributed by atoms with E-state index >= 15 is 0 Å². The standard InChI is InChI=1S/C21H24N4O3/c1-4-24-9-5-6-16(21(24)27)23-20(26)15-11-25-12-17(14-7-8-14)22-19(25)10-18(15)28-13(2)3/h5-6,9-14H,4,7-8H2,1-3H3,(H,23,26). The van der Waals surface area contributed by atoms with Crippen LogP contribution in [0.1, 0.15) is 55.6 Å². The summed E-state index contributed by atoms with van der Waals surface area (Å²) in [6.07, 6.45) is 7.61. The molecule has 0 saturated heterocycles. The number of aromatic nitrogens is 3. The maximum atomic E-state index is 13.0.